The van der Waals surface area contributed by atoms with Crippen LogP contribution in [0.5, 0.6) is 11.6 Å². The number of ether oxygens (including phenoxy) is 1. The third kappa shape index (κ3) is 4.44. The third-order valence-electron chi connectivity index (χ3n) is 3.88. The molecule has 10 heteroatoms. The summed E-state index contributed by atoms with van der Waals surface area (Å²) >= 11 is 5.83. The highest BCUT2D eigenvalue weighted by molar-refractivity contribution is 6.30. The topological polar surface area (TPSA) is 112 Å². The maximum absolute atomic E-state index is 12.2. The van der Waals surface area contributed by atoms with Crippen LogP contribution >= 0.6 is 11.6 Å². The number of amides is 1. The first kappa shape index (κ1) is 19.3. The second-order valence-corrected chi connectivity index (χ2v) is 6.36. The summed E-state index contributed by atoms with van der Waals surface area (Å²) in [4.78, 5) is 26.9. The van der Waals surface area contributed by atoms with E-state index in [4.69, 9.17) is 16.3 Å². The maximum atomic E-state index is 12.2. The number of nitrogens with one attached hydrogen (secondary N) is 1. The fourth-order valence-corrected chi connectivity index (χ4v) is 2.71. The van der Waals surface area contributed by atoms with E-state index in [1.807, 2.05) is 0 Å². The molecule has 1 N–H and O–H groups in total. The van der Waals surface area contributed by atoms with Crippen molar-refractivity contribution in [2.24, 2.45) is 0 Å². The van der Waals surface area contributed by atoms with Crippen molar-refractivity contribution in [2.45, 2.75) is 20.4 Å². The Labute approximate surface area is 165 Å². The van der Waals surface area contributed by atoms with Crippen LogP contribution in [0.1, 0.15) is 11.4 Å². The number of hydrogen-bond donors (Lipinski definition) is 1. The minimum Gasteiger partial charge on any atom is -0.439 e. The Morgan fingerprint density at radius 2 is 1.96 bits per heavy atom. The lowest BCUT2D eigenvalue weighted by Crippen LogP contribution is -2.20. The summed E-state index contributed by atoms with van der Waals surface area (Å²) in [5.41, 5.74) is 0.964. The Morgan fingerprint density at radius 3 is 2.54 bits per heavy atom. The van der Waals surface area contributed by atoms with Crippen molar-refractivity contribution in [1.82, 2.24) is 14.8 Å². The molecule has 28 heavy (non-hydrogen) atoms. The van der Waals surface area contributed by atoms with E-state index in [-0.39, 0.29) is 23.8 Å². The third-order valence-corrected chi connectivity index (χ3v) is 4.13. The van der Waals surface area contributed by atoms with E-state index in [0.717, 1.165) is 0 Å². The molecule has 0 bridgehead atoms. The van der Waals surface area contributed by atoms with Crippen molar-refractivity contribution in [2.75, 3.05) is 5.32 Å². The second-order valence-electron chi connectivity index (χ2n) is 5.92. The van der Waals surface area contributed by atoms with Gasteiger partial charge in [-0.2, -0.15) is 5.10 Å². The van der Waals surface area contributed by atoms with Crippen molar-refractivity contribution in [1.29, 1.82) is 0 Å². The molecule has 144 valence electrons. The normalized spacial score (nSPS) is 10.5. The van der Waals surface area contributed by atoms with E-state index >= 15 is 0 Å². The van der Waals surface area contributed by atoms with Gasteiger partial charge in [-0.05, 0) is 44.2 Å². The van der Waals surface area contributed by atoms with E-state index in [9.17, 15) is 14.9 Å². The van der Waals surface area contributed by atoms with Gasteiger partial charge in [-0.1, -0.05) is 11.6 Å². The first-order valence-corrected chi connectivity index (χ1v) is 8.59. The average Bonchev–Trinajstić information content (AvgIpc) is 2.92. The van der Waals surface area contributed by atoms with Crippen LogP contribution in [0.2, 0.25) is 5.02 Å². The highest BCUT2D eigenvalue weighted by Crippen LogP contribution is 2.23. The van der Waals surface area contributed by atoms with Gasteiger partial charge in [0.2, 0.25) is 11.8 Å². The van der Waals surface area contributed by atoms with E-state index < -0.39 is 4.92 Å². The minimum absolute atomic E-state index is 0.0850. The predicted octanol–water partition coefficient (Wildman–Crippen LogP) is 3.89. The van der Waals surface area contributed by atoms with E-state index in [1.54, 1.807) is 43.3 Å². The standard InChI is InChI=1S/C18H16ClN5O4/c1-11-18(24(26)27)12(2)23(22-11)10-16(25)21-14-5-8-17(20-9-14)28-15-6-3-13(19)4-7-15/h3-9H,10H2,1-2H3,(H,21,25). The van der Waals surface area contributed by atoms with Gasteiger partial charge >= 0.3 is 5.69 Å². The number of rotatable bonds is 6. The van der Waals surface area contributed by atoms with E-state index in [1.165, 1.54) is 17.8 Å². The highest BCUT2D eigenvalue weighted by atomic mass is 35.5. The predicted molar refractivity (Wildman–Crippen MR) is 103 cm³/mol. The summed E-state index contributed by atoms with van der Waals surface area (Å²) in [6, 6.07) is 10.1. The smallest absolute Gasteiger partial charge is 0.312 e. The molecule has 0 saturated heterocycles. The molecule has 0 saturated carbocycles. The van der Waals surface area contributed by atoms with Crippen molar-refractivity contribution in [3.63, 3.8) is 0 Å². The first-order valence-electron chi connectivity index (χ1n) is 8.21. The Kier molecular flexibility index (Phi) is 5.55. The summed E-state index contributed by atoms with van der Waals surface area (Å²) < 4.78 is 6.88. The summed E-state index contributed by atoms with van der Waals surface area (Å²) in [7, 11) is 0. The number of nitrogens with zero attached hydrogens (tertiary/aromatic N) is 4. The molecule has 0 unspecified atom stereocenters. The molecular weight excluding hydrogens is 386 g/mol. The quantitative estimate of drug-likeness (QED) is 0.495. The highest BCUT2D eigenvalue weighted by Gasteiger charge is 2.22. The fraction of sp³-hybridized carbons (Fsp3) is 0.167. The zero-order chi connectivity index (χ0) is 20.3. The van der Waals surface area contributed by atoms with Crippen LogP contribution in [0.3, 0.4) is 0 Å². The van der Waals surface area contributed by atoms with Gasteiger partial charge in [-0.3, -0.25) is 19.6 Å². The van der Waals surface area contributed by atoms with Crippen LogP contribution in [-0.2, 0) is 11.3 Å². The molecule has 0 aliphatic rings. The molecule has 9 nitrogen and oxygen atoms in total. The van der Waals surface area contributed by atoms with Crippen molar-refractivity contribution < 1.29 is 14.5 Å². The van der Waals surface area contributed by atoms with Crippen LogP contribution in [0.4, 0.5) is 11.4 Å². The molecule has 0 atom stereocenters. The van der Waals surface area contributed by atoms with Crippen LogP contribution in [0.25, 0.3) is 0 Å². The number of aromatic nitrogens is 3. The number of nitro groups is 1. The lowest BCUT2D eigenvalue weighted by molar-refractivity contribution is -0.386. The summed E-state index contributed by atoms with van der Waals surface area (Å²) in [6.45, 7) is 2.93. The summed E-state index contributed by atoms with van der Waals surface area (Å²) in [5, 5.41) is 18.4. The zero-order valence-electron chi connectivity index (χ0n) is 15.0. The Balaban J connectivity index is 1.62. The number of carbonyl (C=O) groups excluding carboxylic acids is 1. The molecule has 1 amide bonds. The van der Waals surface area contributed by atoms with Gasteiger partial charge in [0.15, 0.2) is 0 Å². The summed E-state index contributed by atoms with van der Waals surface area (Å²) in [6.07, 6.45) is 1.45. The van der Waals surface area contributed by atoms with Crippen LogP contribution in [0, 0.1) is 24.0 Å². The number of benzene rings is 1. The Hall–Kier alpha value is -3.46. The lowest BCUT2D eigenvalue weighted by atomic mass is 10.3. The van der Waals surface area contributed by atoms with Crippen molar-refractivity contribution >= 4 is 28.9 Å². The van der Waals surface area contributed by atoms with Crippen LogP contribution in [-0.4, -0.2) is 25.6 Å². The Bertz CT molecular complexity index is 1020. The van der Waals surface area contributed by atoms with Gasteiger partial charge in [0.1, 0.15) is 23.7 Å². The number of halogens is 1. The first-order chi connectivity index (χ1) is 13.3. The molecule has 0 fully saturated rings. The number of anilines is 1. The molecular formula is C18H16ClN5O4. The number of carbonyl (C=O) groups is 1. The van der Waals surface area contributed by atoms with Gasteiger partial charge in [0.05, 0.1) is 16.8 Å². The number of aryl methyl sites for hydroxylation is 1. The maximum Gasteiger partial charge on any atom is 0.312 e. The van der Waals surface area contributed by atoms with E-state index in [2.05, 4.69) is 15.4 Å². The second kappa shape index (κ2) is 8.05. The SMILES string of the molecule is Cc1nn(CC(=O)Nc2ccc(Oc3ccc(Cl)cc3)nc2)c(C)c1[N+](=O)[O-]. The number of pyridine rings is 1. The molecule has 3 rings (SSSR count). The van der Waals surface area contributed by atoms with Crippen molar-refractivity contribution in [3.05, 3.63) is 69.1 Å². The summed E-state index contributed by atoms with van der Waals surface area (Å²) in [5.74, 6) is 0.558. The zero-order valence-corrected chi connectivity index (χ0v) is 15.8. The largest absolute Gasteiger partial charge is 0.439 e. The monoisotopic (exact) mass is 401 g/mol. The molecule has 0 spiro atoms. The van der Waals surface area contributed by atoms with Crippen LogP contribution in [0.15, 0.2) is 42.6 Å². The van der Waals surface area contributed by atoms with Crippen LogP contribution < -0.4 is 10.1 Å². The van der Waals surface area contributed by atoms with Gasteiger partial charge in [0.25, 0.3) is 0 Å². The van der Waals surface area contributed by atoms with Gasteiger partial charge in [0, 0.05) is 11.1 Å². The van der Waals surface area contributed by atoms with Gasteiger partial charge in [-0.25, -0.2) is 4.98 Å². The molecule has 3 aromatic rings. The average molecular weight is 402 g/mol. The molecule has 1 aromatic carbocycles. The van der Waals surface area contributed by atoms with Crippen molar-refractivity contribution in [3.8, 4) is 11.6 Å². The van der Waals surface area contributed by atoms with Gasteiger partial charge < -0.3 is 10.1 Å². The molecule has 0 radical (unpaired) electrons. The minimum atomic E-state index is -0.505. The van der Waals surface area contributed by atoms with E-state index in [0.29, 0.717) is 28.0 Å². The molecule has 2 aromatic heterocycles. The van der Waals surface area contributed by atoms with Gasteiger partial charge in [-0.15, -0.1) is 0 Å². The molecule has 0 aliphatic heterocycles. The lowest BCUT2D eigenvalue weighted by Gasteiger charge is -2.08. The number of hydrogen-bond acceptors (Lipinski definition) is 6. The Morgan fingerprint density at radius 1 is 1.25 bits per heavy atom. The molecule has 0 aliphatic carbocycles. The molecule has 2 heterocycles. The fourth-order valence-electron chi connectivity index (χ4n) is 2.58.